The van der Waals surface area contributed by atoms with Crippen molar-refractivity contribution in [3.8, 4) is 0 Å². The second-order valence-corrected chi connectivity index (χ2v) is 4.86. The summed E-state index contributed by atoms with van der Waals surface area (Å²) in [6.45, 7) is 9.77. The Morgan fingerprint density at radius 3 is 2.89 bits per heavy atom. The zero-order valence-corrected chi connectivity index (χ0v) is 12.1. The van der Waals surface area contributed by atoms with Crippen LogP contribution in [-0.2, 0) is 4.74 Å². The number of hydrogen-bond acceptors (Lipinski definition) is 5. The number of ether oxygens (including phenoxy) is 1. The molecule has 1 aliphatic rings. The lowest BCUT2D eigenvalue weighted by molar-refractivity contribution is 0.115. The average molecular weight is 264 g/mol. The van der Waals surface area contributed by atoms with E-state index in [1.165, 1.54) is 6.42 Å². The third-order valence-corrected chi connectivity index (χ3v) is 3.34. The Bertz CT molecular complexity index is 404. The van der Waals surface area contributed by atoms with Gasteiger partial charge in [0, 0.05) is 32.3 Å². The highest BCUT2D eigenvalue weighted by atomic mass is 16.5. The molecule has 1 saturated heterocycles. The van der Waals surface area contributed by atoms with Crippen molar-refractivity contribution in [1.29, 1.82) is 0 Å². The zero-order valence-electron chi connectivity index (χ0n) is 12.1. The molecule has 2 rings (SSSR count). The SMILES string of the molecule is CCNc1cc(N(CC)CC2CCCO2)nc(C)n1. The molecule has 0 bridgehead atoms. The second-order valence-electron chi connectivity index (χ2n) is 4.86. The molecule has 0 amide bonds. The van der Waals surface area contributed by atoms with E-state index in [4.69, 9.17) is 4.74 Å². The van der Waals surface area contributed by atoms with Gasteiger partial charge in [0.05, 0.1) is 6.10 Å². The Kier molecular flexibility index (Phi) is 4.96. The summed E-state index contributed by atoms with van der Waals surface area (Å²) in [5.41, 5.74) is 0. The van der Waals surface area contributed by atoms with E-state index in [1.807, 2.05) is 13.0 Å². The van der Waals surface area contributed by atoms with E-state index in [2.05, 4.69) is 34.0 Å². The summed E-state index contributed by atoms with van der Waals surface area (Å²) in [6.07, 6.45) is 2.67. The minimum absolute atomic E-state index is 0.345. The molecule has 1 fully saturated rings. The molecule has 1 N–H and O–H groups in total. The normalized spacial score (nSPS) is 18.6. The first-order valence-corrected chi connectivity index (χ1v) is 7.19. The zero-order chi connectivity index (χ0) is 13.7. The predicted molar refractivity (Wildman–Crippen MR) is 77.8 cm³/mol. The number of aromatic nitrogens is 2. The van der Waals surface area contributed by atoms with Gasteiger partial charge >= 0.3 is 0 Å². The Balaban J connectivity index is 2.11. The van der Waals surface area contributed by atoms with Gasteiger partial charge in [0.15, 0.2) is 0 Å². The van der Waals surface area contributed by atoms with E-state index in [-0.39, 0.29) is 0 Å². The number of rotatable bonds is 6. The van der Waals surface area contributed by atoms with E-state index in [0.29, 0.717) is 6.10 Å². The van der Waals surface area contributed by atoms with Crippen LogP contribution in [0.5, 0.6) is 0 Å². The van der Waals surface area contributed by atoms with E-state index >= 15 is 0 Å². The topological polar surface area (TPSA) is 50.3 Å². The molecule has 0 aliphatic carbocycles. The van der Waals surface area contributed by atoms with E-state index in [0.717, 1.165) is 50.1 Å². The van der Waals surface area contributed by atoms with Crippen molar-refractivity contribution in [3.05, 3.63) is 11.9 Å². The quantitative estimate of drug-likeness (QED) is 0.854. The molecule has 5 heteroatoms. The predicted octanol–water partition coefficient (Wildman–Crippen LogP) is 2.22. The second kappa shape index (κ2) is 6.70. The molecule has 2 heterocycles. The number of anilines is 2. The Morgan fingerprint density at radius 1 is 1.42 bits per heavy atom. The molecule has 19 heavy (non-hydrogen) atoms. The fourth-order valence-electron chi connectivity index (χ4n) is 2.40. The summed E-state index contributed by atoms with van der Waals surface area (Å²) in [6, 6.07) is 2.02. The number of nitrogens with zero attached hydrogens (tertiary/aromatic N) is 3. The number of hydrogen-bond donors (Lipinski definition) is 1. The largest absolute Gasteiger partial charge is 0.376 e. The van der Waals surface area contributed by atoms with E-state index < -0.39 is 0 Å². The van der Waals surface area contributed by atoms with Gasteiger partial charge in [-0.1, -0.05) is 0 Å². The minimum Gasteiger partial charge on any atom is -0.376 e. The minimum atomic E-state index is 0.345. The van der Waals surface area contributed by atoms with Crippen LogP contribution in [0, 0.1) is 6.92 Å². The van der Waals surface area contributed by atoms with E-state index in [1.54, 1.807) is 0 Å². The van der Waals surface area contributed by atoms with Crippen LogP contribution in [0.1, 0.15) is 32.5 Å². The lowest BCUT2D eigenvalue weighted by atomic mass is 10.2. The molecule has 1 aliphatic heterocycles. The lowest BCUT2D eigenvalue weighted by Crippen LogP contribution is -2.33. The van der Waals surface area contributed by atoms with Crippen LogP contribution in [0.4, 0.5) is 11.6 Å². The van der Waals surface area contributed by atoms with Gasteiger partial charge in [-0.3, -0.25) is 0 Å². The van der Waals surface area contributed by atoms with Crippen LogP contribution in [0.25, 0.3) is 0 Å². The van der Waals surface area contributed by atoms with Crippen molar-refractivity contribution < 1.29 is 4.74 Å². The maximum Gasteiger partial charge on any atom is 0.134 e. The van der Waals surface area contributed by atoms with Gasteiger partial charge in [-0.15, -0.1) is 0 Å². The van der Waals surface area contributed by atoms with Gasteiger partial charge in [0.2, 0.25) is 0 Å². The van der Waals surface area contributed by atoms with Gasteiger partial charge in [-0.2, -0.15) is 0 Å². The Morgan fingerprint density at radius 2 is 2.26 bits per heavy atom. The van der Waals surface area contributed by atoms with Crippen molar-refractivity contribution in [3.63, 3.8) is 0 Å². The van der Waals surface area contributed by atoms with Crippen molar-refractivity contribution in [2.75, 3.05) is 36.5 Å². The van der Waals surface area contributed by atoms with Gasteiger partial charge in [0.25, 0.3) is 0 Å². The third-order valence-electron chi connectivity index (χ3n) is 3.34. The molecule has 0 spiro atoms. The molecule has 1 aromatic rings. The highest BCUT2D eigenvalue weighted by Gasteiger charge is 2.19. The molecular formula is C14H24N4O. The average Bonchev–Trinajstić information content (AvgIpc) is 2.88. The van der Waals surface area contributed by atoms with Crippen LogP contribution in [0.15, 0.2) is 6.07 Å². The number of likely N-dealkylation sites (N-methyl/N-ethyl adjacent to an activating group) is 1. The smallest absolute Gasteiger partial charge is 0.134 e. The summed E-state index contributed by atoms with van der Waals surface area (Å²) >= 11 is 0. The first-order chi connectivity index (χ1) is 9.22. The molecule has 106 valence electrons. The first kappa shape index (κ1) is 14.1. The van der Waals surface area contributed by atoms with Gasteiger partial charge in [-0.05, 0) is 33.6 Å². The molecule has 1 aromatic heterocycles. The molecule has 0 radical (unpaired) electrons. The van der Waals surface area contributed by atoms with Gasteiger partial charge in [-0.25, -0.2) is 9.97 Å². The van der Waals surface area contributed by atoms with Crippen LogP contribution < -0.4 is 10.2 Å². The van der Waals surface area contributed by atoms with Crippen LogP contribution in [0.2, 0.25) is 0 Å². The monoisotopic (exact) mass is 264 g/mol. The molecule has 1 atom stereocenters. The van der Waals surface area contributed by atoms with Gasteiger partial charge < -0.3 is 15.0 Å². The maximum absolute atomic E-state index is 5.71. The van der Waals surface area contributed by atoms with Crippen molar-refractivity contribution >= 4 is 11.6 Å². The highest BCUT2D eigenvalue weighted by molar-refractivity contribution is 5.49. The fraction of sp³-hybridized carbons (Fsp3) is 0.714. The van der Waals surface area contributed by atoms with Crippen LogP contribution in [0.3, 0.4) is 0 Å². The molecular weight excluding hydrogens is 240 g/mol. The summed E-state index contributed by atoms with van der Waals surface area (Å²) < 4.78 is 5.71. The first-order valence-electron chi connectivity index (χ1n) is 7.19. The molecule has 5 nitrogen and oxygen atoms in total. The standard InChI is InChI=1S/C14H24N4O/c1-4-15-13-9-14(17-11(3)16-13)18(5-2)10-12-7-6-8-19-12/h9,12H,4-8,10H2,1-3H3,(H,15,16,17). The van der Waals surface area contributed by atoms with Crippen molar-refractivity contribution in [1.82, 2.24) is 9.97 Å². The van der Waals surface area contributed by atoms with Crippen molar-refractivity contribution in [2.24, 2.45) is 0 Å². The lowest BCUT2D eigenvalue weighted by Gasteiger charge is -2.25. The Labute approximate surface area is 115 Å². The highest BCUT2D eigenvalue weighted by Crippen LogP contribution is 2.19. The molecule has 0 aromatic carbocycles. The summed E-state index contributed by atoms with van der Waals surface area (Å²) in [7, 11) is 0. The third kappa shape index (κ3) is 3.80. The summed E-state index contributed by atoms with van der Waals surface area (Å²) in [5, 5.41) is 3.25. The molecule has 0 saturated carbocycles. The van der Waals surface area contributed by atoms with Gasteiger partial charge in [0.1, 0.15) is 17.5 Å². The summed E-state index contributed by atoms with van der Waals surface area (Å²) in [5.74, 6) is 2.69. The fourth-order valence-corrected chi connectivity index (χ4v) is 2.40. The van der Waals surface area contributed by atoms with Crippen LogP contribution in [-0.4, -0.2) is 42.3 Å². The number of nitrogens with one attached hydrogen (secondary N) is 1. The molecule has 1 unspecified atom stereocenters. The van der Waals surface area contributed by atoms with E-state index in [9.17, 15) is 0 Å². The Hall–Kier alpha value is -1.36. The van der Waals surface area contributed by atoms with Crippen LogP contribution >= 0.6 is 0 Å². The number of aryl methyl sites for hydroxylation is 1. The van der Waals surface area contributed by atoms with Crippen molar-refractivity contribution in [2.45, 2.75) is 39.7 Å². The maximum atomic E-state index is 5.71. The summed E-state index contributed by atoms with van der Waals surface area (Å²) in [4.78, 5) is 11.2.